The number of H-pyrrole nitrogens is 1. The van der Waals surface area contributed by atoms with Gasteiger partial charge in [-0.3, -0.25) is 14.7 Å². The van der Waals surface area contributed by atoms with Crippen molar-refractivity contribution in [2.24, 2.45) is 28.3 Å². The number of aryl methyl sites for hydroxylation is 1. The molecule has 1 aromatic carbocycles. The Kier molecular flexibility index (Phi) is 4.42. The van der Waals surface area contributed by atoms with Crippen molar-refractivity contribution in [3.8, 4) is 5.69 Å². The van der Waals surface area contributed by atoms with Crippen molar-refractivity contribution in [1.29, 1.82) is 0 Å². The van der Waals surface area contributed by atoms with E-state index in [4.69, 9.17) is 11.6 Å². The number of benzene rings is 1. The lowest BCUT2D eigenvalue weighted by Crippen LogP contribution is -2.52. The molecule has 4 aliphatic rings. The molecule has 152 valence electrons. The van der Waals surface area contributed by atoms with Gasteiger partial charge in [0.1, 0.15) is 0 Å². The van der Waals surface area contributed by atoms with E-state index in [9.17, 15) is 9.59 Å². The highest BCUT2D eigenvalue weighted by Crippen LogP contribution is 2.60. The van der Waals surface area contributed by atoms with Crippen LogP contribution in [0.15, 0.2) is 34.2 Å². The predicted molar refractivity (Wildman–Crippen MR) is 112 cm³/mol. The van der Waals surface area contributed by atoms with Gasteiger partial charge < -0.3 is 0 Å². The second-order valence-corrected chi connectivity index (χ2v) is 9.60. The van der Waals surface area contributed by atoms with Crippen molar-refractivity contribution < 1.29 is 4.79 Å². The Morgan fingerprint density at radius 3 is 2.34 bits per heavy atom. The first-order valence-corrected chi connectivity index (χ1v) is 10.7. The number of amides is 1. The van der Waals surface area contributed by atoms with E-state index >= 15 is 0 Å². The van der Waals surface area contributed by atoms with Gasteiger partial charge in [0, 0.05) is 10.7 Å². The van der Waals surface area contributed by atoms with E-state index in [1.54, 1.807) is 24.3 Å². The van der Waals surface area contributed by atoms with Crippen LogP contribution in [0.3, 0.4) is 0 Å². The van der Waals surface area contributed by atoms with E-state index in [-0.39, 0.29) is 16.9 Å². The summed E-state index contributed by atoms with van der Waals surface area (Å²) < 4.78 is 1.45. The number of hydrogen-bond donors (Lipinski definition) is 2. The predicted octanol–water partition coefficient (Wildman–Crippen LogP) is 3.79. The van der Waals surface area contributed by atoms with Crippen LogP contribution in [0.1, 0.15) is 49.8 Å². The lowest BCUT2D eigenvalue weighted by molar-refractivity contribution is -0.146. The van der Waals surface area contributed by atoms with Gasteiger partial charge in [-0.15, -0.1) is 0 Å². The van der Waals surface area contributed by atoms with Crippen LogP contribution in [0.5, 0.6) is 0 Å². The topological polar surface area (TPSA) is 79.2 Å². The summed E-state index contributed by atoms with van der Waals surface area (Å²) in [5.41, 5.74) is 4.11. The third kappa shape index (κ3) is 3.23. The molecule has 0 saturated heterocycles. The van der Waals surface area contributed by atoms with Crippen molar-refractivity contribution in [2.45, 2.75) is 45.4 Å². The highest BCUT2D eigenvalue weighted by Gasteiger charge is 2.54. The minimum atomic E-state index is -0.247. The lowest BCUT2D eigenvalue weighted by Gasteiger charge is -2.55. The fraction of sp³-hybridized carbons (Fsp3) is 0.500. The number of rotatable bonds is 4. The first kappa shape index (κ1) is 18.7. The molecule has 6 nitrogen and oxygen atoms in total. The summed E-state index contributed by atoms with van der Waals surface area (Å²) in [6, 6.07) is 7.02. The normalized spacial score (nSPS) is 30.2. The largest absolute Gasteiger partial charge is 0.295 e. The van der Waals surface area contributed by atoms with Crippen LogP contribution in [0.25, 0.3) is 5.69 Å². The number of hydrazone groups is 1. The Bertz CT molecular complexity index is 999. The van der Waals surface area contributed by atoms with Gasteiger partial charge in [-0.2, -0.15) is 5.10 Å². The maximum Gasteiger partial charge on any atom is 0.280 e. The van der Waals surface area contributed by atoms with Crippen LogP contribution >= 0.6 is 11.6 Å². The first-order chi connectivity index (χ1) is 13.9. The number of aromatic nitrogens is 2. The molecule has 0 radical (unpaired) electrons. The van der Waals surface area contributed by atoms with E-state index in [0.717, 1.165) is 19.3 Å². The van der Waals surface area contributed by atoms with E-state index in [0.29, 0.717) is 39.7 Å². The zero-order valence-corrected chi connectivity index (χ0v) is 17.2. The van der Waals surface area contributed by atoms with E-state index in [1.165, 1.54) is 30.2 Å². The molecule has 0 spiro atoms. The molecule has 0 aliphatic heterocycles. The molecule has 6 rings (SSSR count). The summed E-state index contributed by atoms with van der Waals surface area (Å²) in [7, 11) is 0. The summed E-state index contributed by atoms with van der Waals surface area (Å²) >= 11 is 5.93. The third-order valence-corrected chi connectivity index (χ3v) is 7.33. The van der Waals surface area contributed by atoms with Crippen LogP contribution in [0, 0.1) is 30.1 Å². The van der Waals surface area contributed by atoms with E-state index in [2.05, 4.69) is 15.6 Å². The van der Waals surface area contributed by atoms with Crippen LogP contribution in [0.2, 0.25) is 5.02 Å². The van der Waals surface area contributed by atoms with Crippen molar-refractivity contribution >= 4 is 23.7 Å². The third-order valence-electron chi connectivity index (χ3n) is 7.08. The number of hydrogen-bond acceptors (Lipinski definition) is 3. The number of aromatic amines is 1. The zero-order valence-electron chi connectivity index (χ0n) is 16.5. The summed E-state index contributed by atoms with van der Waals surface area (Å²) in [5, 5.41) is 7.83. The maximum absolute atomic E-state index is 13.0. The Labute approximate surface area is 174 Å². The highest BCUT2D eigenvalue weighted by molar-refractivity contribution is 6.30. The van der Waals surface area contributed by atoms with Crippen molar-refractivity contribution in [3.05, 3.63) is 50.9 Å². The molecule has 1 aromatic heterocycles. The molecule has 7 heteroatoms. The second-order valence-electron chi connectivity index (χ2n) is 9.16. The van der Waals surface area contributed by atoms with Gasteiger partial charge in [-0.1, -0.05) is 11.6 Å². The summed E-state index contributed by atoms with van der Waals surface area (Å²) in [6.07, 6.45) is 8.32. The van der Waals surface area contributed by atoms with Crippen molar-refractivity contribution in [3.63, 3.8) is 0 Å². The lowest BCUT2D eigenvalue weighted by atomic mass is 9.49. The Morgan fingerprint density at radius 2 is 1.76 bits per heavy atom. The van der Waals surface area contributed by atoms with Crippen molar-refractivity contribution in [2.75, 3.05) is 0 Å². The molecule has 4 aliphatic carbocycles. The van der Waals surface area contributed by atoms with E-state index in [1.807, 2.05) is 6.92 Å². The van der Waals surface area contributed by atoms with Crippen molar-refractivity contribution in [1.82, 2.24) is 15.2 Å². The molecule has 0 unspecified atom stereocenters. The summed E-state index contributed by atoms with van der Waals surface area (Å²) in [6.45, 7) is 1.82. The van der Waals surface area contributed by atoms with Gasteiger partial charge in [0.2, 0.25) is 5.91 Å². The first-order valence-electron chi connectivity index (χ1n) is 10.3. The minimum Gasteiger partial charge on any atom is -0.295 e. The number of nitrogens with one attached hydrogen (secondary N) is 2. The summed E-state index contributed by atoms with van der Waals surface area (Å²) in [4.78, 5) is 25.8. The van der Waals surface area contributed by atoms with Gasteiger partial charge >= 0.3 is 0 Å². The summed E-state index contributed by atoms with van der Waals surface area (Å²) in [5.74, 6) is 2.14. The van der Waals surface area contributed by atoms with Gasteiger partial charge in [-0.05, 0) is 87.5 Å². The van der Waals surface area contributed by atoms with Gasteiger partial charge in [0.05, 0.1) is 22.9 Å². The molecule has 0 atom stereocenters. The molecule has 2 N–H and O–H groups in total. The Hall–Kier alpha value is -2.34. The molecule has 4 fully saturated rings. The monoisotopic (exact) mass is 412 g/mol. The minimum absolute atomic E-state index is 0.0269. The Morgan fingerprint density at radius 1 is 1.17 bits per heavy atom. The smallest absolute Gasteiger partial charge is 0.280 e. The number of halogens is 1. The highest BCUT2D eigenvalue weighted by atomic mass is 35.5. The number of carbonyl (C=O) groups is 1. The molecule has 1 amide bonds. The average molecular weight is 413 g/mol. The molecular weight excluding hydrogens is 388 g/mol. The Balaban J connectivity index is 1.33. The molecule has 2 aromatic rings. The van der Waals surface area contributed by atoms with Gasteiger partial charge in [-0.25, -0.2) is 10.1 Å². The molecular formula is C22H25ClN4O2. The quantitative estimate of drug-likeness (QED) is 0.591. The molecule has 29 heavy (non-hydrogen) atoms. The van der Waals surface area contributed by atoms with Crippen LogP contribution in [0.4, 0.5) is 0 Å². The van der Waals surface area contributed by atoms with Gasteiger partial charge in [0.25, 0.3) is 5.56 Å². The standard InChI is InChI=1S/C22H25ClN4O2/c1-13-19(20(28)27(26-13)18-4-2-17(23)3-5-18)12-24-25-21(29)22-9-14-6-15(10-22)8-16(7-14)11-22/h2-5,12,14-16,26H,6-11H2,1H3,(H,25,29)/b24-12-. The second kappa shape index (κ2) is 6.87. The molecule has 4 saturated carbocycles. The molecule has 1 heterocycles. The fourth-order valence-electron chi connectivity index (χ4n) is 6.15. The number of carbonyl (C=O) groups excluding carboxylic acids is 1. The molecule has 4 bridgehead atoms. The van der Waals surface area contributed by atoms with Gasteiger partial charge in [0.15, 0.2) is 0 Å². The SMILES string of the molecule is Cc1[nH]n(-c2ccc(Cl)cc2)c(=O)c1/C=N\NC(=O)C12CC3CC(CC(C3)C1)C2. The zero-order chi connectivity index (χ0) is 20.2. The van der Waals surface area contributed by atoms with Crippen LogP contribution in [-0.2, 0) is 4.79 Å². The fourth-order valence-corrected chi connectivity index (χ4v) is 6.27. The van der Waals surface area contributed by atoms with Crippen LogP contribution < -0.4 is 11.0 Å². The number of nitrogens with zero attached hydrogens (tertiary/aromatic N) is 2. The average Bonchev–Trinajstić information content (AvgIpc) is 2.95. The van der Waals surface area contributed by atoms with E-state index < -0.39 is 0 Å². The maximum atomic E-state index is 13.0. The van der Waals surface area contributed by atoms with Crippen LogP contribution in [-0.4, -0.2) is 21.9 Å².